The van der Waals surface area contributed by atoms with Crippen molar-refractivity contribution in [1.29, 1.82) is 0 Å². The Morgan fingerprint density at radius 3 is 2.58 bits per heavy atom. The van der Waals surface area contributed by atoms with Gasteiger partial charge in [-0.05, 0) is 30.5 Å². The molecular formula is C19H27NO4. The van der Waals surface area contributed by atoms with E-state index in [2.05, 4.69) is 5.32 Å². The average molecular weight is 333 g/mol. The lowest BCUT2D eigenvalue weighted by atomic mass is 9.68. The van der Waals surface area contributed by atoms with Crippen LogP contribution in [0.4, 0.5) is 0 Å². The zero-order valence-electron chi connectivity index (χ0n) is 14.4. The summed E-state index contributed by atoms with van der Waals surface area (Å²) in [6, 6.07) is 7.95. The van der Waals surface area contributed by atoms with Gasteiger partial charge in [0.25, 0.3) is 0 Å². The molecule has 1 aromatic carbocycles. The highest BCUT2D eigenvalue weighted by atomic mass is 16.6. The predicted octanol–water partition coefficient (Wildman–Crippen LogP) is 2.43. The predicted molar refractivity (Wildman–Crippen MR) is 91.3 cm³/mol. The molecule has 1 aromatic rings. The highest BCUT2D eigenvalue weighted by Crippen LogP contribution is 2.40. The summed E-state index contributed by atoms with van der Waals surface area (Å²) < 4.78 is 16.3. The van der Waals surface area contributed by atoms with Crippen molar-refractivity contribution < 1.29 is 19.0 Å². The molecule has 0 bridgehead atoms. The van der Waals surface area contributed by atoms with Gasteiger partial charge >= 0.3 is 0 Å². The van der Waals surface area contributed by atoms with Gasteiger partial charge < -0.3 is 19.5 Å². The highest BCUT2D eigenvalue weighted by molar-refractivity contribution is 5.88. The maximum atomic E-state index is 13.1. The van der Waals surface area contributed by atoms with Crippen molar-refractivity contribution in [2.75, 3.05) is 33.5 Å². The van der Waals surface area contributed by atoms with Gasteiger partial charge in [-0.2, -0.15) is 0 Å². The molecule has 5 heteroatoms. The van der Waals surface area contributed by atoms with Gasteiger partial charge in [0.1, 0.15) is 5.75 Å². The van der Waals surface area contributed by atoms with E-state index in [1.165, 1.54) is 6.42 Å². The first-order valence-electron chi connectivity index (χ1n) is 8.87. The summed E-state index contributed by atoms with van der Waals surface area (Å²) in [6.45, 7) is 2.30. The van der Waals surface area contributed by atoms with E-state index in [9.17, 15) is 4.79 Å². The highest BCUT2D eigenvalue weighted by Gasteiger charge is 2.41. The van der Waals surface area contributed by atoms with Crippen LogP contribution in [0.5, 0.6) is 5.75 Å². The summed E-state index contributed by atoms with van der Waals surface area (Å²) in [5.41, 5.74) is 0.654. The van der Waals surface area contributed by atoms with E-state index < -0.39 is 5.41 Å². The second-order valence-electron chi connectivity index (χ2n) is 6.65. The number of carbonyl (C=O) groups is 1. The van der Waals surface area contributed by atoms with Gasteiger partial charge in [0.05, 0.1) is 38.4 Å². The SMILES string of the molecule is COc1ccc(C2(C(=O)NC[C@H]3COCCO3)CCCCC2)cc1. The van der Waals surface area contributed by atoms with E-state index in [4.69, 9.17) is 14.2 Å². The molecule has 1 amide bonds. The minimum absolute atomic E-state index is 0.0424. The minimum atomic E-state index is -0.431. The van der Waals surface area contributed by atoms with Gasteiger partial charge in [-0.25, -0.2) is 0 Å². The summed E-state index contributed by atoms with van der Waals surface area (Å²) in [5.74, 6) is 0.930. The van der Waals surface area contributed by atoms with E-state index in [1.807, 2.05) is 24.3 Å². The molecule has 1 saturated carbocycles. The van der Waals surface area contributed by atoms with E-state index in [1.54, 1.807) is 7.11 Å². The second-order valence-corrected chi connectivity index (χ2v) is 6.65. The number of ether oxygens (including phenoxy) is 3. The third kappa shape index (κ3) is 3.73. The van der Waals surface area contributed by atoms with Crippen molar-refractivity contribution in [3.8, 4) is 5.75 Å². The molecule has 3 rings (SSSR count). The largest absolute Gasteiger partial charge is 0.497 e. The van der Waals surface area contributed by atoms with Gasteiger partial charge in [-0.3, -0.25) is 4.79 Å². The fraction of sp³-hybridized carbons (Fsp3) is 0.632. The van der Waals surface area contributed by atoms with E-state index in [0.717, 1.165) is 37.0 Å². The molecule has 0 aromatic heterocycles. The van der Waals surface area contributed by atoms with Gasteiger partial charge in [-0.15, -0.1) is 0 Å². The van der Waals surface area contributed by atoms with Crippen molar-refractivity contribution in [1.82, 2.24) is 5.32 Å². The molecular weight excluding hydrogens is 306 g/mol. The Bertz CT molecular complexity index is 531. The maximum absolute atomic E-state index is 13.1. The first-order chi connectivity index (χ1) is 11.7. The monoisotopic (exact) mass is 333 g/mol. The summed E-state index contributed by atoms with van der Waals surface area (Å²) in [4.78, 5) is 13.1. The Morgan fingerprint density at radius 2 is 1.96 bits per heavy atom. The van der Waals surface area contributed by atoms with Crippen molar-refractivity contribution >= 4 is 5.91 Å². The minimum Gasteiger partial charge on any atom is -0.497 e. The van der Waals surface area contributed by atoms with E-state index >= 15 is 0 Å². The summed E-state index contributed by atoms with van der Waals surface area (Å²) in [5, 5.41) is 3.11. The zero-order valence-corrected chi connectivity index (χ0v) is 14.4. The van der Waals surface area contributed by atoms with Crippen LogP contribution in [0, 0.1) is 0 Å². The van der Waals surface area contributed by atoms with Crippen molar-refractivity contribution in [3.63, 3.8) is 0 Å². The smallest absolute Gasteiger partial charge is 0.230 e. The van der Waals surface area contributed by atoms with Crippen LogP contribution in [0.3, 0.4) is 0 Å². The first-order valence-corrected chi connectivity index (χ1v) is 8.87. The lowest BCUT2D eigenvalue weighted by molar-refractivity contribution is -0.130. The van der Waals surface area contributed by atoms with Crippen molar-refractivity contribution in [2.24, 2.45) is 0 Å². The number of benzene rings is 1. The number of carbonyl (C=O) groups excluding carboxylic acids is 1. The second kappa shape index (κ2) is 7.99. The van der Waals surface area contributed by atoms with Crippen LogP contribution < -0.4 is 10.1 Å². The molecule has 2 aliphatic rings. The Hall–Kier alpha value is -1.59. The number of hydrogen-bond donors (Lipinski definition) is 1. The van der Waals surface area contributed by atoms with Crippen molar-refractivity contribution in [2.45, 2.75) is 43.6 Å². The third-order valence-corrected chi connectivity index (χ3v) is 5.16. The van der Waals surface area contributed by atoms with Gasteiger partial charge in [-0.1, -0.05) is 31.4 Å². The molecule has 0 spiro atoms. The van der Waals surface area contributed by atoms with E-state index in [-0.39, 0.29) is 12.0 Å². The van der Waals surface area contributed by atoms with Crippen molar-refractivity contribution in [3.05, 3.63) is 29.8 Å². The Balaban J connectivity index is 1.72. The van der Waals surface area contributed by atoms with Gasteiger partial charge in [0.15, 0.2) is 0 Å². The molecule has 0 radical (unpaired) electrons. The zero-order chi connectivity index (χ0) is 16.8. The molecule has 1 aliphatic heterocycles. The van der Waals surface area contributed by atoms with Crippen LogP contribution in [0.25, 0.3) is 0 Å². The quantitative estimate of drug-likeness (QED) is 0.899. The van der Waals surface area contributed by atoms with Crippen LogP contribution >= 0.6 is 0 Å². The lowest BCUT2D eigenvalue weighted by Crippen LogP contribution is -2.49. The standard InChI is InChI=1S/C19H27NO4/c1-22-16-7-5-15(6-8-16)19(9-3-2-4-10-19)18(21)20-13-17-14-23-11-12-24-17/h5-8,17H,2-4,9-14H2,1H3,(H,20,21)/t17-/m0/s1. The molecule has 1 N–H and O–H groups in total. The van der Waals surface area contributed by atoms with Crippen LogP contribution in [0.2, 0.25) is 0 Å². The van der Waals surface area contributed by atoms with Gasteiger partial charge in [0.2, 0.25) is 5.91 Å². The molecule has 1 atom stereocenters. The topological polar surface area (TPSA) is 56.8 Å². The molecule has 5 nitrogen and oxygen atoms in total. The average Bonchev–Trinajstić information content (AvgIpc) is 2.67. The summed E-state index contributed by atoms with van der Waals surface area (Å²) in [6.07, 6.45) is 5.12. The van der Waals surface area contributed by atoms with Crippen LogP contribution in [-0.2, 0) is 19.7 Å². The summed E-state index contributed by atoms with van der Waals surface area (Å²) in [7, 11) is 1.66. The molecule has 1 saturated heterocycles. The molecule has 1 heterocycles. The molecule has 0 unspecified atom stereocenters. The normalized spacial score (nSPS) is 23.5. The molecule has 1 aliphatic carbocycles. The Morgan fingerprint density at radius 1 is 1.21 bits per heavy atom. The fourth-order valence-electron chi connectivity index (χ4n) is 3.74. The Kier molecular flexibility index (Phi) is 5.74. The Labute approximate surface area is 143 Å². The summed E-state index contributed by atoms with van der Waals surface area (Å²) >= 11 is 0. The lowest BCUT2D eigenvalue weighted by Gasteiger charge is -2.37. The van der Waals surface area contributed by atoms with Crippen LogP contribution in [0.15, 0.2) is 24.3 Å². The van der Waals surface area contributed by atoms with E-state index in [0.29, 0.717) is 26.4 Å². The number of hydrogen-bond acceptors (Lipinski definition) is 4. The van der Waals surface area contributed by atoms with Gasteiger partial charge in [0, 0.05) is 6.54 Å². The maximum Gasteiger partial charge on any atom is 0.230 e. The fourth-order valence-corrected chi connectivity index (χ4v) is 3.74. The first kappa shape index (κ1) is 17.2. The number of methoxy groups -OCH3 is 1. The molecule has 24 heavy (non-hydrogen) atoms. The number of amides is 1. The van der Waals surface area contributed by atoms with Crippen LogP contribution in [-0.4, -0.2) is 45.5 Å². The third-order valence-electron chi connectivity index (χ3n) is 5.16. The number of rotatable bonds is 5. The molecule has 2 fully saturated rings. The van der Waals surface area contributed by atoms with Crippen LogP contribution in [0.1, 0.15) is 37.7 Å². The number of nitrogens with one attached hydrogen (secondary N) is 1. The molecule has 132 valence electrons.